The van der Waals surface area contributed by atoms with Gasteiger partial charge in [-0.25, -0.2) is 0 Å². The van der Waals surface area contributed by atoms with Crippen molar-refractivity contribution in [2.75, 3.05) is 0 Å². The first-order valence-corrected chi connectivity index (χ1v) is 6.90. The maximum absolute atomic E-state index is 12.2. The zero-order chi connectivity index (χ0) is 14.5. The molecule has 104 valence electrons. The van der Waals surface area contributed by atoms with Gasteiger partial charge >= 0.3 is 5.97 Å². The SMILES string of the molecule is Cc1ccc([C@@H](C)C(=O)O[C@H](C)c2ccccc2)cc1. The first-order chi connectivity index (χ1) is 9.58. The van der Waals surface area contributed by atoms with Gasteiger partial charge in [0.15, 0.2) is 0 Å². The van der Waals surface area contributed by atoms with E-state index in [1.54, 1.807) is 0 Å². The molecule has 0 amide bonds. The second kappa shape index (κ2) is 6.38. The molecule has 0 aliphatic heterocycles. The quantitative estimate of drug-likeness (QED) is 0.768. The molecule has 0 saturated carbocycles. The van der Waals surface area contributed by atoms with Crippen LogP contribution in [0.25, 0.3) is 0 Å². The number of rotatable bonds is 4. The lowest BCUT2D eigenvalue weighted by Crippen LogP contribution is -2.15. The molecule has 0 spiro atoms. The molecule has 0 radical (unpaired) electrons. The van der Waals surface area contributed by atoms with Crippen molar-refractivity contribution in [2.24, 2.45) is 0 Å². The van der Waals surface area contributed by atoms with E-state index in [1.165, 1.54) is 5.56 Å². The summed E-state index contributed by atoms with van der Waals surface area (Å²) in [6.07, 6.45) is -0.225. The van der Waals surface area contributed by atoms with Crippen molar-refractivity contribution < 1.29 is 9.53 Å². The predicted octanol–water partition coefficient (Wildman–Crippen LogP) is 4.40. The van der Waals surface area contributed by atoms with Crippen molar-refractivity contribution in [1.82, 2.24) is 0 Å². The average Bonchev–Trinajstić information content (AvgIpc) is 2.48. The van der Waals surface area contributed by atoms with E-state index < -0.39 is 0 Å². The number of ether oxygens (including phenoxy) is 1. The predicted molar refractivity (Wildman–Crippen MR) is 80.5 cm³/mol. The minimum atomic E-state index is -0.248. The molecule has 0 aliphatic rings. The highest BCUT2D eigenvalue weighted by Crippen LogP contribution is 2.22. The Kier molecular flexibility index (Phi) is 4.57. The first-order valence-electron chi connectivity index (χ1n) is 6.90. The van der Waals surface area contributed by atoms with Gasteiger partial charge in [0.25, 0.3) is 0 Å². The summed E-state index contributed by atoms with van der Waals surface area (Å²) in [5.41, 5.74) is 3.18. The van der Waals surface area contributed by atoms with Crippen molar-refractivity contribution in [3.8, 4) is 0 Å². The minimum absolute atomic E-state index is 0.190. The van der Waals surface area contributed by atoms with Crippen molar-refractivity contribution in [3.05, 3.63) is 71.3 Å². The smallest absolute Gasteiger partial charge is 0.313 e. The molecule has 0 bridgehead atoms. The van der Waals surface area contributed by atoms with Crippen LogP contribution in [0.3, 0.4) is 0 Å². The van der Waals surface area contributed by atoms with Crippen LogP contribution in [-0.2, 0) is 9.53 Å². The second-order valence-corrected chi connectivity index (χ2v) is 5.12. The number of esters is 1. The lowest BCUT2D eigenvalue weighted by Gasteiger charge is -2.17. The van der Waals surface area contributed by atoms with Crippen LogP contribution in [0.2, 0.25) is 0 Å². The Labute approximate surface area is 120 Å². The number of aryl methyl sites for hydroxylation is 1. The first kappa shape index (κ1) is 14.3. The van der Waals surface area contributed by atoms with Crippen molar-refractivity contribution >= 4 is 5.97 Å². The zero-order valence-corrected chi connectivity index (χ0v) is 12.2. The summed E-state index contributed by atoms with van der Waals surface area (Å²) in [6.45, 7) is 5.81. The van der Waals surface area contributed by atoms with Crippen LogP contribution in [0, 0.1) is 6.92 Å². The lowest BCUT2D eigenvalue weighted by atomic mass is 10.00. The molecule has 0 fully saturated rings. The lowest BCUT2D eigenvalue weighted by molar-refractivity contribution is -0.150. The van der Waals surface area contributed by atoms with Gasteiger partial charge in [0.1, 0.15) is 6.10 Å². The van der Waals surface area contributed by atoms with Crippen LogP contribution in [0.5, 0.6) is 0 Å². The Morgan fingerprint density at radius 3 is 2.10 bits per heavy atom. The standard InChI is InChI=1S/C18H20O2/c1-13-9-11-16(12-10-13)14(2)18(19)20-15(3)17-7-5-4-6-8-17/h4-12,14-15H,1-3H3/t14-,15-/m1/s1. The third kappa shape index (κ3) is 3.47. The summed E-state index contributed by atoms with van der Waals surface area (Å²) in [6, 6.07) is 17.8. The van der Waals surface area contributed by atoms with E-state index in [1.807, 2.05) is 75.4 Å². The average molecular weight is 268 g/mol. The van der Waals surface area contributed by atoms with Gasteiger partial charge in [-0.3, -0.25) is 4.79 Å². The fraction of sp³-hybridized carbons (Fsp3) is 0.278. The molecule has 0 heterocycles. The van der Waals surface area contributed by atoms with Gasteiger partial charge < -0.3 is 4.74 Å². The molecular formula is C18H20O2. The van der Waals surface area contributed by atoms with Crippen molar-refractivity contribution in [1.29, 1.82) is 0 Å². The van der Waals surface area contributed by atoms with Gasteiger partial charge in [-0.2, -0.15) is 0 Å². The molecule has 2 rings (SSSR count). The molecule has 20 heavy (non-hydrogen) atoms. The molecule has 2 aromatic rings. The van der Waals surface area contributed by atoms with Crippen LogP contribution in [0.15, 0.2) is 54.6 Å². The Hall–Kier alpha value is -2.09. The topological polar surface area (TPSA) is 26.3 Å². The van der Waals surface area contributed by atoms with Gasteiger partial charge in [0.2, 0.25) is 0 Å². The normalized spacial score (nSPS) is 13.6. The number of carbonyl (C=O) groups excluding carboxylic acids is 1. The van der Waals surface area contributed by atoms with E-state index in [-0.39, 0.29) is 18.0 Å². The Balaban J connectivity index is 2.02. The molecular weight excluding hydrogens is 248 g/mol. The molecule has 2 atom stereocenters. The van der Waals surface area contributed by atoms with Crippen molar-refractivity contribution in [2.45, 2.75) is 32.8 Å². The monoisotopic (exact) mass is 268 g/mol. The third-order valence-corrected chi connectivity index (χ3v) is 3.49. The molecule has 0 unspecified atom stereocenters. The molecule has 0 N–H and O–H groups in total. The second-order valence-electron chi connectivity index (χ2n) is 5.12. The summed E-state index contributed by atoms with van der Waals surface area (Å²) in [5.74, 6) is -0.438. The van der Waals surface area contributed by atoms with Gasteiger partial charge in [-0.1, -0.05) is 60.2 Å². The highest BCUT2D eigenvalue weighted by molar-refractivity contribution is 5.77. The van der Waals surface area contributed by atoms with E-state index in [0.29, 0.717) is 0 Å². The van der Waals surface area contributed by atoms with E-state index in [2.05, 4.69) is 0 Å². The van der Waals surface area contributed by atoms with Crippen LogP contribution >= 0.6 is 0 Å². The van der Waals surface area contributed by atoms with Gasteiger partial charge in [-0.05, 0) is 31.9 Å². The van der Waals surface area contributed by atoms with Crippen LogP contribution in [0.4, 0.5) is 0 Å². The molecule has 2 aromatic carbocycles. The number of hydrogen-bond donors (Lipinski definition) is 0. The highest BCUT2D eigenvalue weighted by atomic mass is 16.5. The van der Waals surface area contributed by atoms with Gasteiger partial charge in [-0.15, -0.1) is 0 Å². The maximum atomic E-state index is 12.2. The molecule has 0 aliphatic carbocycles. The van der Waals surface area contributed by atoms with Crippen LogP contribution < -0.4 is 0 Å². The fourth-order valence-corrected chi connectivity index (χ4v) is 2.06. The summed E-state index contributed by atoms with van der Waals surface area (Å²) < 4.78 is 5.54. The van der Waals surface area contributed by atoms with E-state index in [9.17, 15) is 4.79 Å². The van der Waals surface area contributed by atoms with E-state index in [4.69, 9.17) is 4.74 Å². The van der Waals surface area contributed by atoms with E-state index in [0.717, 1.165) is 11.1 Å². The summed E-state index contributed by atoms with van der Waals surface area (Å²) in [7, 11) is 0. The summed E-state index contributed by atoms with van der Waals surface area (Å²) in [5, 5.41) is 0. The largest absolute Gasteiger partial charge is 0.457 e. The molecule has 2 heteroatoms. The Morgan fingerprint density at radius 1 is 0.900 bits per heavy atom. The Morgan fingerprint density at radius 2 is 1.50 bits per heavy atom. The third-order valence-electron chi connectivity index (χ3n) is 3.49. The fourth-order valence-electron chi connectivity index (χ4n) is 2.06. The molecule has 0 saturated heterocycles. The maximum Gasteiger partial charge on any atom is 0.313 e. The molecule has 2 nitrogen and oxygen atoms in total. The molecule has 0 aromatic heterocycles. The van der Waals surface area contributed by atoms with Gasteiger partial charge in [0, 0.05) is 0 Å². The van der Waals surface area contributed by atoms with Crippen LogP contribution in [0.1, 0.15) is 42.6 Å². The zero-order valence-electron chi connectivity index (χ0n) is 12.2. The number of hydrogen-bond acceptors (Lipinski definition) is 2. The minimum Gasteiger partial charge on any atom is -0.457 e. The summed E-state index contributed by atoms with van der Waals surface area (Å²) >= 11 is 0. The Bertz CT molecular complexity index is 558. The van der Waals surface area contributed by atoms with E-state index >= 15 is 0 Å². The van der Waals surface area contributed by atoms with Crippen LogP contribution in [-0.4, -0.2) is 5.97 Å². The van der Waals surface area contributed by atoms with Gasteiger partial charge in [0.05, 0.1) is 5.92 Å². The number of carbonyl (C=O) groups is 1. The number of benzene rings is 2. The van der Waals surface area contributed by atoms with Crippen molar-refractivity contribution in [3.63, 3.8) is 0 Å². The highest BCUT2D eigenvalue weighted by Gasteiger charge is 2.19. The summed E-state index contributed by atoms with van der Waals surface area (Å²) in [4.78, 5) is 12.2.